The van der Waals surface area contributed by atoms with E-state index in [-0.39, 0.29) is 29.5 Å². The number of carbonyl (C=O) groups excluding carboxylic acids is 2. The van der Waals surface area contributed by atoms with Gasteiger partial charge in [-0.3, -0.25) is 9.59 Å². The van der Waals surface area contributed by atoms with Gasteiger partial charge in [-0.25, -0.2) is 0 Å². The Balaban J connectivity index is 2.94. The van der Waals surface area contributed by atoms with Crippen LogP contribution in [-0.4, -0.2) is 49.1 Å². The third-order valence-corrected chi connectivity index (χ3v) is 3.38. The third kappa shape index (κ3) is 7.64. The van der Waals surface area contributed by atoms with Gasteiger partial charge in [0.1, 0.15) is 0 Å². The van der Waals surface area contributed by atoms with E-state index in [4.69, 9.17) is 4.74 Å². The van der Waals surface area contributed by atoms with Crippen molar-refractivity contribution >= 4 is 17.9 Å². The normalized spacial score (nSPS) is 11.6. The van der Waals surface area contributed by atoms with Crippen molar-refractivity contribution in [2.75, 3.05) is 20.2 Å². The van der Waals surface area contributed by atoms with Crippen LogP contribution in [0.15, 0.2) is 24.3 Å². The van der Waals surface area contributed by atoms with Crippen molar-refractivity contribution < 1.29 is 27.8 Å². The number of para-hydroxylation sites is 1. The molecule has 0 saturated heterocycles. The third-order valence-electron chi connectivity index (χ3n) is 3.38. The number of alkyl halides is 2. The van der Waals surface area contributed by atoms with Crippen LogP contribution in [-0.2, 0) is 9.59 Å². The van der Waals surface area contributed by atoms with Crippen molar-refractivity contribution in [2.24, 2.45) is 0 Å². The minimum atomic E-state index is -3.03. The molecule has 0 aromatic heterocycles. The maximum atomic E-state index is 12.7. The Morgan fingerprint density at radius 1 is 1.30 bits per heavy atom. The Labute approximate surface area is 158 Å². The second-order valence-corrected chi connectivity index (χ2v) is 6.74. The number of amides is 2. The average molecular weight is 384 g/mol. The summed E-state index contributed by atoms with van der Waals surface area (Å²) >= 11 is 0. The first-order chi connectivity index (χ1) is 12.6. The van der Waals surface area contributed by atoms with Crippen molar-refractivity contribution in [1.82, 2.24) is 10.2 Å². The number of nitrogens with one attached hydrogen (secondary N) is 1. The summed E-state index contributed by atoms with van der Waals surface area (Å²) < 4.78 is 34.8. The van der Waals surface area contributed by atoms with Crippen LogP contribution in [0.1, 0.15) is 33.3 Å². The fraction of sp³-hybridized carbons (Fsp3) is 0.474. The maximum Gasteiger partial charge on any atom is 0.387 e. The number of carbonyl (C=O) groups is 2. The topological polar surface area (TPSA) is 67.9 Å². The zero-order chi connectivity index (χ0) is 20.6. The number of benzene rings is 1. The zero-order valence-corrected chi connectivity index (χ0v) is 16.2. The smallest absolute Gasteiger partial charge is 0.387 e. The highest BCUT2D eigenvalue weighted by atomic mass is 19.3. The Kier molecular flexibility index (Phi) is 8.21. The number of hydrogen-bond acceptors (Lipinski definition) is 4. The summed E-state index contributed by atoms with van der Waals surface area (Å²) in [6.45, 7) is 4.46. The quantitative estimate of drug-likeness (QED) is 0.700. The van der Waals surface area contributed by atoms with Gasteiger partial charge in [-0.1, -0.05) is 12.1 Å². The van der Waals surface area contributed by atoms with Gasteiger partial charge in [0, 0.05) is 23.7 Å². The molecule has 0 aliphatic carbocycles. The van der Waals surface area contributed by atoms with Gasteiger partial charge >= 0.3 is 6.61 Å². The van der Waals surface area contributed by atoms with Crippen LogP contribution in [0, 0.1) is 0 Å². The molecular weight excluding hydrogens is 358 g/mol. The van der Waals surface area contributed by atoms with Crippen LogP contribution in [0.25, 0.3) is 6.08 Å². The molecule has 1 N–H and O–H groups in total. The molecule has 1 rings (SSSR count). The standard InChI is InChI=1S/C19H26F2N2O4/c1-6-23(12-15(24)22-19(2,3)4)16(25)11-10-13-8-7-9-14(26-5)17(13)27-18(20)21/h7-11,18H,6,12H2,1-5H3,(H,22,24)/b11-10+. The molecule has 0 heterocycles. The van der Waals surface area contributed by atoms with E-state index in [2.05, 4.69) is 10.1 Å². The molecule has 0 bridgehead atoms. The molecule has 0 atom stereocenters. The van der Waals surface area contributed by atoms with E-state index in [9.17, 15) is 18.4 Å². The fourth-order valence-corrected chi connectivity index (χ4v) is 2.28. The highest BCUT2D eigenvalue weighted by molar-refractivity contribution is 5.94. The van der Waals surface area contributed by atoms with Crippen molar-refractivity contribution in [3.8, 4) is 11.5 Å². The Morgan fingerprint density at radius 3 is 2.48 bits per heavy atom. The highest BCUT2D eigenvalue weighted by Crippen LogP contribution is 2.33. The van der Waals surface area contributed by atoms with Gasteiger partial charge in [0.15, 0.2) is 11.5 Å². The minimum Gasteiger partial charge on any atom is -0.493 e. The van der Waals surface area contributed by atoms with E-state index < -0.39 is 18.1 Å². The molecule has 0 unspecified atom stereocenters. The Hall–Kier alpha value is -2.64. The first-order valence-corrected chi connectivity index (χ1v) is 8.47. The van der Waals surface area contributed by atoms with Gasteiger partial charge in [0.05, 0.1) is 13.7 Å². The molecule has 1 aromatic rings. The molecule has 0 aliphatic heterocycles. The lowest BCUT2D eigenvalue weighted by atomic mass is 10.1. The van der Waals surface area contributed by atoms with Crippen LogP contribution in [0.3, 0.4) is 0 Å². The van der Waals surface area contributed by atoms with Gasteiger partial charge in [0.2, 0.25) is 11.8 Å². The molecule has 27 heavy (non-hydrogen) atoms. The summed E-state index contributed by atoms with van der Waals surface area (Å²) in [5, 5.41) is 2.78. The van der Waals surface area contributed by atoms with Crippen LogP contribution in [0.4, 0.5) is 8.78 Å². The van der Waals surface area contributed by atoms with E-state index in [0.717, 1.165) is 0 Å². The van der Waals surface area contributed by atoms with E-state index in [1.807, 2.05) is 20.8 Å². The molecule has 2 amide bonds. The number of methoxy groups -OCH3 is 1. The van der Waals surface area contributed by atoms with E-state index >= 15 is 0 Å². The fourth-order valence-electron chi connectivity index (χ4n) is 2.28. The summed E-state index contributed by atoms with van der Waals surface area (Å²) in [4.78, 5) is 25.7. The molecule has 0 saturated carbocycles. The van der Waals surface area contributed by atoms with Crippen LogP contribution >= 0.6 is 0 Å². The summed E-state index contributed by atoms with van der Waals surface area (Å²) in [5.74, 6) is -0.740. The largest absolute Gasteiger partial charge is 0.493 e. The first-order valence-electron chi connectivity index (χ1n) is 8.47. The van der Waals surface area contributed by atoms with E-state index in [1.54, 1.807) is 13.0 Å². The van der Waals surface area contributed by atoms with Crippen molar-refractivity contribution in [3.05, 3.63) is 29.8 Å². The highest BCUT2D eigenvalue weighted by Gasteiger charge is 2.19. The summed E-state index contributed by atoms with van der Waals surface area (Å²) in [6, 6.07) is 4.59. The molecule has 0 fully saturated rings. The predicted molar refractivity (Wildman–Crippen MR) is 98.8 cm³/mol. The van der Waals surface area contributed by atoms with Gasteiger partial charge in [0.25, 0.3) is 0 Å². The summed E-state index contributed by atoms with van der Waals surface area (Å²) in [5.41, 5.74) is -0.143. The number of halogens is 2. The SMILES string of the molecule is CCN(CC(=O)NC(C)(C)C)C(=O)/C=C/c1cccc(OC)c1OC(F)F. The molecule has 6 nitrogen and oxygen atoms in total. The average Bonchev–Trinajstić information content (AvgIpc) is 2.56. The number of likely N-dealkylation sites (N-methyl/N-ethyl adjacent to an activating group) is 1. The molecule has 1 aromatic carbocycles. The monoisotopic (exact) mass is 384 g/mol. The molecule has 0 radical (unpaired) electrons. The van der Waals surface area contributed by atoms with Crippen molar-refractivity contribution in [2.45, 2.75) is 39.8 Å². The minimum absolute atomic E-state index is 0.102. The van der Waals surface area contributed by atoms with Crippen LogP contribution < -0.4 is 14.8 Å². The van der Waals surface area contributed by atoms with Gasteiger partial charge in [-0.05, 0) is 39.8 Å². The lowest BCUT2D eigenvalue weighted by molar-refractivity contribution is -0.132. The predicted octanol–water partition coefficient (Wildman–Crippen LogP) is 3.07. The van der Waals surface area contributed by atoms with Gasteiger partial charge < -0.3 is 19.7 Å². The second kappa shape index (κ2) is 9.89. The van der Waals surface area contributed by atoms with E-state index in [0.29, 0.717) is 6.54 Å². The summed E-state index contributed by atoms with van der Waals surface area (Å²) in [7, 11) is 1.33. The molecular formula is C19H26F2N2O4. The van der Waals surface area contributed by atoms with Gasteiger partial charge in [-0.15, -0.1) is 0 Å². The zero-order valence-electron chi connectivity index (χ0n) is 16.2. The van der Waals surface area contributed by atoms with Crippen LogP contribution in [0.2, 0.25) is 0 Å². The number of nitrogens with zero attached hydrogens (tertiary/aromatic N) is 1. The number of hydrogen-bond donors (Lipinski definition) is 1. The van der Waals surface area contributed by atoms with Crippen molar-refractivity contribution in [3.63, 3.8) is 0 Å². The lowest BCUT2D eigenvalue weighted by Crippen LogP contribution is -2.47. The molecule has 0 spiro atoms. The second-order valence-electron chi connectivity index (χ2n) is 6.74. The maximum absolute atomic E-state index is 12.7. The molecule has 0 aliphatic rings. The first kappa shape index (κ1) is 22.4. The Bertz CT molecular complexity index is 685. The van der Waals surface area contributed by atoms with Crippen LogP contribution in [0.5, 0.6) is 11.5 Å². The van der Waals surface area contributed by atoms with Gasteiger partial charge in [-0.2, -0.15) is 8.78 Å². The van der Waals surface area contributed by atoms with Crippen molar-refractivity contribution in [1.29, 1.82) is 0 Å². The Morgan fingerprint density at radius 2 is 1.96 bits per heavy atom. The van der Waals surface area contributed by atoms with E-state index in [1.165, 1.54) is 36.3 Å². The molecule has 150 valence electrons. The molecule has 8 heteroatoms. The lowest BCUT2D eigenvalue weighted by Gasteiger charge is -2.24. The number of ether oxygens (including phenoxy) is 2. The number of rotatable bonds is 8. The summed E-state index contributed by atoms with van der Waals surface area (Å²) in [6.07, 6.45) is 2.56.